The van der Waals surface area contributed by atoms with E-state index in [1.165, 1.54) is 19.1 Å². The Kier molecular flexibility index (Phi) is 12.4. The molecule has 0 saturated carbocycles. The maximum atomic E-state index is 11.6. The molecular weight excluding hydrogens is 391 g/mol. The van der Waals surface area contributed by atoms with Gasteiger partial charge in [0.2, 0.25) is 0 Å². The largest absolute Gasteiger partial charge is 1.00 e. The van der Waals surface area contributed by atoms with Crippen molar-refractivity contribution in [1.82, 2.24) is 0 Å². The molecule has 0 spiro atoms. The van der Waals surface area contributed by atoms with Gasteiger partial charge in [-0.3, -0.25) is 19.7 Å². The van der Waals surface area contributed by atoms with Gasteiger partial charge in [-0.25, -0.2) is 0 Å². The molecule has 119 valence electrons. The van der Waals surface area contributed by atoms with Crippen molar-refractivity contribution >= 4 is 28.5 Å². The van der Waals surface area contributed by atoms with Crippen LogP contribution in [0.1, 0.15) is 27.6 Å². The predicted molar refractivity (Wildman–Crippen MR) is 66.0 cm³/mol. The first-order valence-electron chi connectivity index (χ1n) is 5.22. The van der Waals surface area contributed by atoms with Crippen molar-refractivity contribution in [1.29, 1.82) is 0 Å². The van der Waals surface area contributed by atoms with Crippen LogP contribution in [-0.4, -0.2) is 17.0 Å². The summed E-state index contributed by atoms with van der Waals surface area (Å²) in [5, 5.41) is 11.8. The Morgan fingerprint density at radius 2 is 1.73 bits per heavy atom. The zero-order valence-corrected chi connectivity index (χ0v) is 14.8. The molecule has 5 nitrogen and oxygen atoms in total. The van der Waals surface area contributed by atoms with Gasteiger partial charge in [0, 0.05) is 35.7 Å². The summed E-state index contributed by atoms with van der Waals surface area (Å²) in [7, 11) is 0. The van der Waals surface area contributed by atoms with Gasteiger partial charge in [0.1, 0.15) is 0 Å². The Balaban J connectivity index is -0.000000902. The maximum absolute atomic E-state index is 11.6. The van der Waals surface area contributed by atoms with Crippen LogP contribution in [0.15, 0.2) is 30.3 Å². The van der Waals surface area contributed by atoms with Gasteiger partial charge in [0.25, 0.3) is 5.69 Å². The van der Waals surface area contributed by atoms with E-state index in [1.807, 2.05) is 0 Å². The van der Waals surface area contributed by atoms with E-state index in [4.69, 9.17) is 0 Å². The number of nitrogens with zero attached hydrogens (tertiary/aromatic N) is 1. The molecule has 0 atom stereocenters. The summed E-state index contributed by atoms with van der Waals surface area (Å²) < 4.78 is 0. The van der Waals surface area contributed by atoms with Crippen LogP contribution in [0.25, 0.3) is 10.8 Å². The van der Waals surface area contributed by atoms with Crippen molar-refractivity contribution < 1.29 is 70.3 Å². The fraction of sp³-hybridized carbons (Fsp3) is 0.0769. The van der Waals surface area contributed by atoms with Gasteiger partial charge in [0.05, 0.1) is 10.3 Å². The van der Waals surface area contributed by atoms with E-state index in [-0.39, 0.29) is 83.8 Å². The smallest absolute Gasteiger partial charge is 0.277 e. The monoisotopic (exact) mass is 399 g/mol. The summed E-state index contributed by atoms with van der Waals surface area (Å²) in [6.07, 6.45) is 0.535. The second-order valence-corrected chi connectivity index (χ2v) is 3.84. The number of hydrogen-bond donors (Lipinski definition) is 0. The normalized spacial score (nSPS) is 8.41. The number of hydrogen-bond acceptors (Lipinski definition) is 4. The Hall–Kier alpha value is -1.11. The quantitative estimate of drug-likeness (QED) is 0.222. The van der Waals surface area contributed by atoms with Gasteiger partial charge in [-0.05, 0) is 12.3 Å². The standard InChI is InChI=1S/C13H9NO4.3ClH.V/c1-8(16)12-10(7-15)6-5-9-3-2-4-11(13(9)12)14(17)18;;;;/h2-7H,1H3;3*1H;/p-3. The summed E-state index contributed by atoms with van der Waals surface area (Å²) in [5.41, 5.74) is 0.112. The molecule has 2 aromatic rings. The maximum Gasteiger partial charge on any atom is 0.277 e. The minimum atomic E-state index is -0.552. The van der Waals surface area contributed by atoms with Crippen molar-refractivity contribution in [3.8, 4) is 0 Å². The number of rotatable bonds is 3. The third-order valence-corrected chi connectivity index (χ3v) is 2.73. The molecule has 1 radical (unpaired) electrons. The minimum Gasteiger partial charge on any atom is -1.00 e. The number of halogens is 3. The van der Waals surface area contributed by atoms with Crippen LogP contribution in [0.5, 0.6) is 0 Å². The van der Waals surface area contributed by atoms with Crippen LogP contribution in [0.4, 0.5) is 5.69 Å². The number of nitro benzene ring substituents is 1. The van der Waals surface area contributed by atoms with Crippen LogP contribution < -0.4 is 37.2 Å². The van der Waals surface area contributed by atoms with Crippen molar-refractivity contribution in [3.05, 3.63) is 51.6 Å². The van der Waals surface area contributed by atoms with Gasteiger partial charge in [-0.15, -0.1) is 0 Å². The number of carbonyl (C=O) groups excluding carboxylic acids is 2. The number of non-ortho nitro benzene ring substituents is 1. The number of aldehydes is 1. The molecule has 0 N–H and O–H groups in total. The molecule has 0 bridgehead atoms. The molecule has 9 heteroatoms. The summed E-state index contributed by atoms with van der Waals surface area (Å²) in [6.45, 7) is 1.29. The second kappa shape index (κ2) is 10.6. The van der Waals surface area contributed by atoms with Crippen molar-refractivity contribution in [2.45, 2.75) is 6.92 Å². The van der Waals surface area contributed by atoms with E-state index in [2.05, 4.69) is 0 Å². The van der Waals surface area contributed by atoms with Crippen molar-refractivity contribution in [2.75, 3.05) is 0 Å². The summed E-state index contributed by atoms with van der Waals surface area (Å²) in [5.74, 6) is -0.364. The van der Waals surface area contributed by atoms with E-state index in [0.29, 0.717) is 11.7 Å². The van der Waals surface area contributed by atoms with Gasteiger partial charge in [-0.1, -0.05) is 24.3 Å². The first-order valence-corrected chi connectivity index (χ1v) is 5.22. The summed E-state index contributed by atoms with van der Waals surface area (Å²) in [4.78, 5) is 33.0. The molecule has 0 heterocycles. The third-order valence-electron chi connectivity index (χ3n) is 2.73. The van der Waals surface area contributed by atoms with Crippen LogP contribution >= 0.6 is 0 Å². The first kappa shape index (κ1) is 25.8. The van der Waals surface area contributed by atoms with Crippen LogP contribution in [0, 0.1) is 10.1 Å². The van der Waals surface area contributed by atoms with E-state index in [9.17, 15) is 19.7 Å². The summed E-state index contributed by atoms with van der Waals surface area (Å²) in [6, 6.07) is 7.63. The van der Waals surface area contributed by atoms with Gasteiger partial charge >= 0.3 is 0 Å². The Bertz CT molecular complexity index is 694. The summed E-state index contributed by atoms with van der Waals surface area (Å²) >= 11 is 0. The Labute approximate surface area is 157 Å². The number of benzene rings is 2. The predicted octanol–water partition coefficient (Wildman–Crippen LogP) is -6.23. The van der Waals surface area contributed by atoms with Gasteiger partial charge in [-0.2, -0.15) is 0 Å². The average molecular weight is 401 g/mol. The van der Waals surface area contributed by atoms with Crippen LogP contribution in [0.3, 0.4) is 0 Å². The average Bonchev–Trinajstić information content (AvgIpc) is 2.35. The number of Topliss-reactive ketones (excluding diaryl/α,β-unsaturated/α-hetero) is 1. The molecule has 0 aromatic heterocycles. The third kappa shape index (κ3) is 4.70. The molecule has 0 aliphatic heterocycles. The zero-order chi connectivity index (χ0) is 13.3. The SMILES string of the molecule is CC(=O)c1c(C=O)ccc2cccc([N+](=O)[O-])c12.[Cl-].[Cl-].[Cl-].[V]. The van der Waals surface area contributed by atoms with E-state index < -0.39 is 4.92 Å². The van der Waals surface area contributed by atoms with E-state index >= 15 is 0 Å². The Morgan fingerprint density at radius 1 is 1.14 bits per heavy atom. The molecular formula is C13H9Cl3NO4V-3. The zero-order valence-electron chi connectivity index (χ0n) is 11.1. The molecule has 0 saturated heterocycles. The molecule has 0 aliphatic rings. The number of ketones is 1. The van der Waals surface area contributed by atoms with E-state index in [1.54, 1.807) is 18.2 Å². The molecule has 0 unspecified atom stereocenters. The fourth-order valence-corrected chi connectivity index (χ4v) is 2.01. The number of carbonyl (C=O) groups is 2. The minimum absolute atomic E-state index is 0. The topological polar surface area (TPSA) is 77.3 Å². The van der Waals surface area contributed by atoms with Crippen molar-refractivity contribution in [2.24, 2.45) is 0 Å². The van der Waals surface area contributed by atoms with Crippen LogP contribution in [0.2, 0.25) is 0 Å². The fourth-order valence-electron chi connectivity index (χ4n) is 2.01. The van der Waals surface area contributed by atoms with E-state index in [0.717, 1.165) is 0 Å². The molecule has 0 amide bonds. The first-order chi connectivity index (χ1) is 8.56. The van der Waals surface area contributed by atoms with Gasteiger partial charge in [0.15, 0.2) is 12.1 Å². The van der Waals surface area contributed by atoms with Gasteiger partial charge < -0.3 is 37.2 Å². The molecule has 0 fully saturated rings. The molecule has 0 aliphatic carbocycles. The molecule has 2 rings (SSSR count). The molecule has 2 aromatic carbocycles. The van der Waals surface area contributed by atoms with Crippen LogP contribution in [-0.2, 0) is 18.6 Å². The number of fused-ring (bicyclic) bond motifs is 1. The van der Waals surface area contributed by atoms with Crippen molar-refractivity contribution in [3.63, 3.8) is 0 Å². The second-order valence-electron chi connectivity index (χ2n) is 3.84. The Morgan fingerprint density at radius 3 is 2.18 bits per heavy atom. The molecule has 22 heavy (non-hydrogen) atoms. The number of nitro groups is 1.